The Bertz CT molecular complexity index is 318. The van der Waals surface area contributed by atoms with Crippen LogP contribution in [-0.4, -0.2) is 65.4 Å². The molecule has 0 radical (unpaired) electrons. The number of nitrogens with zero attached hydrogens (tertiary/aromatic N) is 3. The Morgan fingerprint density at radius 1 is 0.944 bits per heavy atom. The Hall–Kier alpha value is -1.01. The smallest absolute Gasteiger partial charge is 0.0558 e. The average molecular weight is 253 g/mol. The first-order valence-corrected chi connectivity index (χ1v) is 6.19. The van der Waals surface area contributed by atoms with Gasteiger partial charge < -0.3 is 10.2 Å². The van der Waals surface area contributed by atoms with Crippen LogP contribution in [0, 0.1) is 0 Å². The van der Waals surface area contributed by atoms with Crippen molar-refractivity contribution in [2.45, 2.75) is 13.1 Å². The largest absolute Gasteiger partial charge is 0.395 e. The summed E-state index contributed by atoms with van der Waals surface area (Å²) in [6.07, 6.45) is 0. The first kappa shape index (κ1) is 15.0. The normalized spacial score (nSPS) is 11.4. The quantitative estimate of drug-likeness (QED) is 0.679. The second kappa shape index (κ2) is 8.16. The van der Waals surface area contributed by atoms with Gasteiger partial charge in [-0.25, -0.2) is 0 Å². The monoisotopic (exact) mass is 253 g/mol. The minimum Gasteiger partial charge on any atom is -0.395 e. The van der Waals surface area contributed by atoms with Crippen LogP contribution in [0.1, 0.15) is 11.4 Å². The van der Waals surface area contributed by atoms with Gasteiger partial charge in [0.15, 0.2) is 0 Å². The number of aliphatic hydroxyl groups excluding tert-OH is 2. The highest BCUT2D eigenvalue weighted by Crippen LogP contribution is 2.04. The number of pyridine rings is 1. The lowest BCUT2D eigenvalue weighted by atomic mass is 10.2. The van der Waals surface area contributed by atoms with E-state index < -0.39 is 0 Å². The number of aliphatic hydroxyl groups is 2. The van der Waals surface area contributed by atoms with Crippen LogP contribution in [0.5, 0.6) is 0 Å². The number of aromatic nitrogens is 1. The summed E-state index contributed by atoms with van der Waals surface area (Å²) in [5.41, 5.74) is 2.00. The van der Waals surface area contributed by atoms with Crippen molar-refractivity contribution in [1.29, 1.82) is 0 Å². The summed E-state index contributed by atoms with van der Waals surface area (Å²) in [7, 11) is 3.92. The van der Waals surface area contributed by atoms with Crippen LogP contribution in [0.2, 0.25) is 0 Å². The summed E-state index contributed by atoms with van der Waals surface area (Å²) >= 11 is 0. The van der Waals surface area contributed by atoms with Crippen molar-refractivity contribution in [3.05, 3.63) is 29.6 Å². The third-order valence-corrected chi connectivity index (χ3v) is 2.69. The van der Waals surface area contributed by atoms with Crippen LogP contribution in [-0.2, 0) is 13.1 Å². The Kier molecular flexibility index (Phi) is 6.82. The molecular weight excluding hydrogens is 230 g/mol. The Labute approximate surface area is 109 Å². The van der Waals surface area contributed by atoms with Gasteiger partial charge in [-0.2, -0.15) is 0 Å². The van der Waals surface area contributed by atoms with Crippen molar-refractivity contribution in [3.8, 4) is 0 Å². The van der Waals surface area contributed by atoms with E-state index in [0.717, 1.165) is 24.5 Å². The van der Waals surface area contributed by atoms with E-state index in [0.29, 0.717) is 13.1 Å². The predicted octanol–water partition coefficient (Wildman–Crippen LogP) is -0.0702. The van der Waals surface area contributed by atoms with Crippen molar-refractivity contribution >= 4 is 0 Å². The summed E-state index contributed by atoms with van der Waals surface area (Å²) in [5, 5.41) is 17.7. The maximum Gasteiger partial charge on any atom is 0.0558 e. The van der Waals surface area contributed by atoms with Gasteiger partial charge in [0.1, 0.15) is 0 Å². The minimum absolute atomic E-state index is 0.162. The molecule has 0 saturated carbocycles. The van der Waals surface area contributed by atoms with E-state index in [-0.39, 0.29) is 13.2 Å². The maximum absolute atomic E-state index is 8.85. The Morgan fingerprint density at radius 3 is 1.78 bits per heavy atom. The van der Waals surface area contributed by atoms with Gasteiger partial charge in [-0.1, -0.05) is 6.07 Å². The number of hydrogen-bond donors (Lipinski definition) is 2. The molecule has 0 spiro atoms. The van der Waals surface area contributed by atoms with Crippen molar-refractivity contribution in [2.24, 2.45) is 0 Å². The second-order valence-corrected chi connectivity index (χ2v) is 4.54. The van der Waals surface area contributed by atoms with Crippen molar-refractivity contribution in [1.82, 2.24) is 14.8 Å². The lowest BCUT2D eigenvalue weighted by Gasteiger charge is -2.17. The van der Waals surface area contributed by atoms with Crippen LogP contribution in [0.3, 0.4) is 0 Å². The highest BCUT2D eigenvalue weighted by Gasteiger charge is 2.04. The van der Waals surface area contributed by atoms with Gasteiger partial charge in [0, 0.05) is 26.2 Å². The molecule has 1 aromatic heterocycles. The fraction of sp³-hybridized carbons (Fsp3) is 0.615. The van der Waals surface area contributed by atoms with E-state index in [9.17, 15) is 0 Å². The van der Waals surface area contributed by atoms with Crippen LogP contribution >= 0.6 is 0 Å². The van der Waals surface area contributed by atoms with E-state index in [2.05, 4.69) is 4.98 Å². The van der Waals surface area contributed by atoms with Gasteiger partial charge in [-0.05, 0) is 26.2 Å². The maximum atomic E-state index is 8.85. The molecule has 1 aromatic rings. The standard InChI is InChI=1S/C13H23N3O2/c1-15(6-8-17)10-12-4-3-5-13(14-12)11-16(2)7-9-18/h3-5,17-18H,6-11H2,1-2H3. The zero-order valence-electron chi connectivity index (χ0n) is 11.2. The third kappa shape index (κ3) is 5.55. The molecule has 5 nitrogen and oxygen atoms in total. The number of rotatable bonds is 8. The van der Waals surface area contributed by atoms with E-state index >= 15 is 0 Å². The van der Waals surface area contributed by atoms with Crippen LogP contribution < -0.4 is 0 Å². The van der Waals surface area contributed by atoms with Crippen LogP contribution in [0.25, 0.3) is 0 Å². The number of hydrogen-bond acceptors (Lipinski definition) is 5. The molecule has 0 saturated heterocycles. The lowest BCUT2D eigenvalue weighted by molar-refractivity contribution is 0.213. The van der Waals surface area contributed by atoms with E-state index in [1.54, 1.807) is 0 Å². The third-order valence-electron chi connectivity index (χ3n) is 2.69. The summed E-state index contributed by atoms with van der Waals surface area (Å²) in [6, 6.07) is 5.98. The summed E-state index contributed by atoms with van der Waals surface area (Å²) in [6.45, 7) is 3.09. The SMILES string of the molecule is CN(CCO)Cc1cccc(CN(C)CCO)n1. The molecule has 18 heavy (non-hydrogen) atoms. The van der Waals surface area contributed by atoms with E-state index in [1.165, 1.54) is 0 Å². The summed E-state index contributed by atoms with van der Waals surface area (Å²) in [5.74, 6) is 0. The molecule has 102 valence electrons. The van der Waals surface area contributed by atoms with E-state index in [4.69, 9.17) is 10.2 Å². The fourth-order valence-corrected chi connectivity index (χ4v) is 1.76. The molecule has 0 unspecified atom stereocenters. The van der Waals surface area contributed by atoms with Gasteiger partial charge >= 0.3 is 0 Å². The minimum atomic E-state index is 0.162. The molecule has 2 N–H and O–H groups in total. The average Bonchev–Trinajstić information content (AvgIpc) is 2.29. The first-order chi connectivity index (χ1) is 8.65. The molecule has 0 atom stereocenters. The first-order valence-electron chi connectivity index (χ1n) is 6.19. The van der Waals surface area contributed by atoms with Gasteiger partial charge in [-0.3, -0.25) is 14.8 Å². The van der Waals surface area contributed by atoms with Gasteiger partial charge in [0.05, 0.1) is 24.6 Å². The molecule has 1 rings (SSSR count). The van der Waals surface area contributed by atoms with Crippen molar-refractivity contribution in [3.63, 3.8) is 0 Å². The molecule has 1 heterocycles. The predicted molar refractivity (Wildman–Crippen MR) is 71.1 cm³/mol. The van der Waals surface area contributed by atoms with Crippen LogP contribution in [0.15, 0.2) is 18.2 Å². The molecule has 0 aliphatic heterocycles. The molecule has 0 amide bonds. The lowest BCUT2D eigenvalue weighted by Crippen LogP contribution is -2.24. The summed E-state index contributed by atoms with van der Waals surface area (Å²) < 4.78 is 0. The second-order valence-electron chi connectivity index (χ2n) is 4.54. The Morgan fingerprint density at radius 2 is 1.39 bits per heavy atom. The molecule has 0 aromatic carbocycles. The molecule has 5 heteroatoms. The molecule has 0 aliphatic rings. The van der Waals surface area contributed by atoms with E-state index in [1.807, 2.05) is 42.1 Å². The highest BCUT2D eigenvalue weighted by molar-refractivity contribution is 5.11. The van der Waals surface area contributed by atoms with Crippen molar-refractivity contribution in [2.75, 3.05) is 40.4 Å². The van der Waals surface area contributed by atoms with Gasteiger partial charge in [0.25, 0.3) is 0 Å². The topological polar surface area (TPSA) is 59.8 Å². The summed E-state index contributed by atoms with van der Waals surface area (Å²) in [4.78, 5) is 8.63. The van der Waals surface area contributed by atoms with Crippen molar-refractivity contribution < 1.29 is 10.2 Å². The fourth-order valence-electron chi connectivity index (χ4n) is 1.76. The highest BCUT2D eigenvalue weighted by atomic mass is 16.3. The molecule has 0 fully saturated rings. The Balaban J connectivity index is 2.56. The molecular formula is C13H23N3O2. The number of likely N-dealkylation sites (N-methyl/N-ethyl adjacent to an activating group) is 2. The van der Waals surface area contributed by atoms with Gasteiger partial charge in [0.2, 0.25) is 0 Å². The molecule has 0 bridgehead atoms. The zero-order valence-corrected chi connectivity index (χ0v) is 11.2. The molecule has 0 aliphatic carbocycles. The zero-order chi connectivity index (χ0) is 13.4. The van der Waals surface area contributed by atoms with Crippen LogP contribution in [0.4, 0.5) is 0 Å². The van der Waals surface area contributed by atoms with Gasteiger partial charge in [-0.15, -0.1) is 0 Å².